The van der Waals surface area contributed by atoms with Gasteiger partial charge in [0, 0.05) is 35.3 Å². The van der Waals surface area contributed by atoms with Gasteiger partial charge in [0.1, 0.15) is 11.5 Å². The Morgan fingerprint density at radius 3 is 2.54 bits per heavy atom. The van der Waals surface area contributed by atoms with Crippen molar-refractivity contribution >= 4 is 29.0 Å². The number of hydrogen-bond donors (Lipinski definition) is 1. The van der Waals surface area contributed by atoms with Gasteiger partial charge in [-0.05, 0) is 67.1 Å². The lowest BCUT2D eigenvalue weighted by molar-refractivity contribution is -0.116. The maximum Gasteiger partial charge on any atom is 0.224 e. The third-order valence-corrected chi connectivity index (χ3v) is 4.32. The molecule has 2 aromatic carbocycles. The summed E-state index contributed by atoms with van der Waals surface area (Å²) >= 11 is 5.82. The van der Waals surface area contributed by atoms with E-state index in [4.69, 9.17) is 16.3 Å². The Morgan fingerprint density at radius 1 is 1.07 bits per heavy atom. The smallest absolute Gasteiger partial charge is 0.224 e. The van der Waals surface area contributed by atoms with Crippen molar-refractivity contribution in [2.75, 3.05) is 5.32 Å². The number of benzene rings is 2. The summed E-state index contributed by atoms with van der Waals surface area (Å²) in [6.07, 6.45) is 3.55. The predicted molar refractivity (Wildman–Crippen MR) is 109 cm³/mol. The molecule has 0 spiro atoms. The van der Waals surface area contributed by atoms with E-state index in [1.54, 1.807) is 54.9 Å². The first-order valence-corrected chi connectivity index (χ1v) is 9.16. The van der Waals surface area contributed by atoms with Crippen LogP contribution in [0.4, 0.5) is 5.69 Å². The Kier molecular flexibility index (Phi) is 6.40. The Morgan fingerprint density at radius 2 is 1.86 bits per heavy atom. The van der Waals surface area contributed by atoms with E-state index in [-0.39, 0.29) is 24.5 Å². The lowest BCUT2D eigenvalue weighted by atomic mass is 10.1. The fourth-order valence-corrected chi connectivity index (χ4v) is 2.73. The van der Waals surface area contributed by atoms with Crippen molar-refractivity contribution in [3.63, 3.8) is 0 Å². The number of aryl methyl sites for hydroxylation is 1. The van der Waals surface area contributed by atoms with Gasteiger partial charge in [-0.15, -0.1) is 0 Å². The number of ether oxygens (including phenoxy) is 1. The van der Waals surface area contributed by atoms with Gasteiger partial charge in [0.25, 0.3) is 0 Å². The van der Waals surface area contributed by atoms with Gasteiger partial charge in [-0.3, -0.25) is 14.6 Å². The quantitative estimate of drug-likeness (QED) is 0.542. The van der Waals surface area contributed by atoms with Crippen LogP contribution in [0.3, 0.4) is 0 Å². The zero-order chi connectivity index (χ0) is 19.9. The van der Waals surface area contributed by atoms with Gasteiger partial charge in [0.2, 0.25) is 5.91 Å². The molecule has 0 saturated carbocycles. The lowest BCUT2D eigenvalue weighted by Gasteiger charge is -2.11. The zero-order valence-electron chi connectivity index (χ0n) is 15.3. The second kappa shape index (κ2) is 9.15. The van der Waals surface area contributed by atoms with Gasteiger partial charge < -0.3 is 10.1 Å². The molecule has 1 heterocycles. The van der Waals surface area contributed by atoms with Crippen LogP contribution in [0.15, 0.2) is 67.0 Å². The van der Waals surface area contributed by atoms with E-state index in [0.29, 0.717) is 27.8 Å². The SMILES string of the molecule is Cc1cc(NC(=O)CCC(=O)c2ccc(Cl)cc2)ccc1Oc1cccnc1. The van der Waals surface area contributed by atoms with Crippen LogP contribution in [-0.4, -0.2) is 16.7 Å². The number of Topliss-reactive ketones (excluding diaryl/α,β-unsaturated/α-hetero) is 1. The van der Waals surface area contributed by atoms with Crippen molar-refractivity contribution in [1.82, 2.24) is 4.98 Å². The average Bonchev–Trinajstić information content (AvgIpc) is 2.69. The van der Waals surface area contributed by atoms with E-state index in [9.17, 15) is 9.59 Å². The maximum atomic E-state index is 12.2. The number of nitrogens with zero attached hydrogens (tertiary/aromatic N) is 1. The monoisotopic (exact) mass is 394 g/mol. The predicted octanol–water partition coefficient (Wildman–Crippen LogP) is 5.44. The summed E-state index contributed by atoms with van der Waals surface area (Å²) in [5.41, 5.74) is 2.07. The van der Waals surface area contributed by atoms with Gasteiger partial charge in [-0.25, -0.2) is 0 Å². The van der Waals surface area contributed by atoms with Crippen LogP contribution < -0.4 is 10.1 Å². The van der Waals surface area contributed by atoms with E-state index in [1.165, 1.54) is 0 Å². The van der Waals surface area contributed by atoms with Crippen molar-refractivity contribution in [1.29, 1.82) is 0 Å². The highest BCUT2D eigenvalue weighted by molar-refractivity contribution is 6.30. The number of rotatable bonds is 7. The second-order valence-corrected chi connectivity index (χ2v) is 6.69. The first-order chi connectivity index (χ1) is 13.5. The number of amides is 1. The molecular formula is C22H19ClN2O3. The molecule has 1 N–H and O–H groups in total. The average molecular weight is 395 g/mol. The number of pyridine rings is 1. The standard InChI is InChI=1S/C22H19ClN2O3/c1-15-13-18(8-10-21(15)28-19-3-2-12-24-14-19)25-22(27)11-9-20(26)16-4-6-17(23)7-5-16/h2-8,10,12-14H,9,11H2,1H3,(H,25,27). The van der Waals surface area contributed by atoms with Crippen molar-refractivity contribution in [2.24, 2.45) is 0 Å². The summed E-state index contributed by atoms with van der Waals surface area (Å²) < 4.78 is 5.78. The summed E-state index contributed by atoms with van der Waals surface area (Å²) in [4.78, 5) is 28.3. The number of halogens is 1. The molecule has 6 heteroatoms. The molecule has 3 rings (SSSR count). The molecular weight excluding hydrogens is 376 g/mol. The summed E-state index contributed by atoms with van der Waals surface area (Å²) in [7, 11) is 0. The summed E-state index contributed by atoms with van der Waals surface area (Å²) in [5, 5.41) is 3.38. The molecule has 1 amide bonds. The highest BCUT2D eigenvalue weighted by Gasteiger charge is 2.11. The van der Waals surface area contributed by atoms with Gasteiger partial charge >= 0.3 is 0 Å². The molecule has 5 nitrogen and oxygen atoms in total. The van der Waals surface area contributed by atoms with Crippen LogP contribution in [0.2, 0.25) is 5.02 Å². The summed E-state index contributed by atoms with van der Waals surface area (Å²) in [6.45, 7) is 1.89. The van der Waals surface area contributed by atoms with E-state index < -0.39 is 0 Å². The normalized spacial score (nSPS) is 10.4. The van der Waals surface area contributed by atoms with Crippen molar-refractivity contribution in [3.05, 3.63) is 83.1 Å². The van der Waals surface area contributed by atoms with Crippen LogP contribution in [0.1, 0.15) is 28.8 Å². The number of carbonyl (C=O) groups is 2. The van der Waals surface area contributed by atoms with Gasteiger partial charge in [0.05, 0.1) is 6.20 Å². The second-order valence-electron chi connectivity index (χ2n) is 6.25. The molecule has 0 radical (unpaired) electrons. The van der Waals surface area contributed by atoms with E-state index in [0.717, 1.165) is 5.56 Å². The number of ketones is 1. The summed E-state index contributed by atoms with van der Waals surface area (Å²) in [5.74, 6) is 1.01. The molecule has 0 aliphatic rings. The molecule has 0 fully saturated rings. The number of anilines is 1. The first-order valence-electron chi connectivity index (χ1n) is 8.78. The molecule has 0 aliphatic heterocycles. The summed E-state index contributed by atoms with van der Waals surface area (Å²) in [6, 6.07) is 15.6. The minimum Gasteiger partial charge on any atom is -0.455 e. The van der Waals surface area contributed by atoms with E-state index in [2.05, 4.69) is 10.3 Å². The van der Waals surface area contributed by atoms with Gasteiger partial charge in [0.15, 0.2) is 5.78 Å². The number of hydrogen-bond acceptors (Lipinski definition) is 4. The number of carbonyl (C=O) groups excluding carboxylic acids is 2. The Labute approximate surface area is 168 Å². The molecule has 0 aliphatic carbocycles. The maximum absolute atomic E-state index is 12.2. The number of nitrogens with one attached hydrogen (secondary N) is 1. The highest BCUT2D eigenvalue weighted by atomic mass is 35.5. The highest BCUT2D eigenvalue weighted by Crippen LogP contribution is 2.27. The van der Waals surface area contributed by atoms with Crippen LogP contribution >= 0.6 is 11.6 Å². The third-order valence-electron chi connectivity index (χ3n) is 4.07. The van der Waals surface area contributed by atoms with Crippen LogP contribution in [0.5, 0.6) is 11.5 Å². The molecule has 1 aromatic heterocycles. The molecule has 3 aromatic rings. The minimum atomic E-state index is -0.220. The van der Waals surface area contributed by atoms with Crippen molar-refractivity contribution < 1.29 is 14.3 Å². The van der Waals surface area contributed by atoms with Crippen LogP contribution in [-0.2, 0) is 4.79 Å². The van der Waals surface area contributed by atoms with Crippen molar-refractivity contribution in [3.8, 4) is 11.5 Å². The first kappa shape index (κ1) is 19.6. The van der Waals surface area contributed by atoms with E-state index >= 15 is 0 Å². The Hall–Kier alpha value is -3.18. The minimum absolute atomic E-state index is 0.0942. The molecule has 0 unspecified atom stereocenters. The fourth-order valence-electron chi connectivity index (χ4n) is 2.61. The molecule has 0 atom stereocenters. The van der Waals surface area contributed by atoms with Crippen molar-refractivity contribution in [2.45, 2.75) is 19.8 Å². The largest absolute Gasteiger partial charge is 0.455 e. The van der Waals surface area contributed by atoms with Gasteiger partial charge in [-0.2, -0.15) is 0 Å². The topological polar surface area (TPSA) is 68.3 Å². The Balaban J connectivity index is 1.54. The van der Waals surface area contributed by atoms with E-state index in [1.807, 2.05) is 19.1 Å². The molecule has 0 bridgehead atoms. The van der Waals surface area contributed by atoms with Crippen LogP contribution in [0, 0.1) is 6.92 Å². The van der Waals surface area contributed by atoms with Gasteiger partial charge in [-0.1, -0.05) is 11.6 Å². The molecule has 28 heavy (non-hydrogen) atoms. The number of aromatic nitrogens is 1. The lowest BCUT2D eigenvalue weighted by Crippen LogP contribution is -2.13. The third kappa shape index (κ3) is 5.41. The zero-order valence-corrected chi connectivity index (χ0v) is 16.1. The fraction of sp³-hybridized carbons (Fsp3) is 0.136. The molecule has 142 valence electrons. The molecule has 0 saturated heterocycles. The van der Waals surface area contributed by atoms with Crippen LogP contribution in [0.25, 0.3) is 0 Å². The Bertz CT molecular complexity index is 973.